The van der Waals surface area contributed by atoms with E-state index in [-0.39, 0.29) is 5.91 Å². The van der Waals surface area contributed by atoms with Crippen LogP contribution in [0.5, 0.6) is 0 Å². The second-order valence-corrected chi connectivity index (χ2v) is 8.16. The SMILES string of the molecule is Cc1ccc2c(c1)c(C1CCN(C(=O)Cc3cccs3)CC1)cn2C. The van der Waals surface area contributed by atoms with E-state index in [1.165, 1.54) is 22.0 Å². The summed E-state index contributed by atoms with van der Waals surface area (Å²) < 4.78 is 2.23. The van der Waals surface area contributed by atoms with Gasteiger partial charge in [-0.2, -0.15) is 0 Å². The summed E-state index contributed by atoms with van der Waals surface area (Å²) >= 11 is 1.67. The average molecular weight is 353 g/mol. The number of benzene rings is 1. The van der Waals surface area contributed by atoms with Crippen molar-refractivity contribution >= 4 is 28.1 Å². The van der Waals surface area contributed by atoms with Crippen molar-refractivity contribution in [3.05, 3.63) is 57.9 Å². The fourth-order valence-electron chi connectivity index (χ4n) is 3.98. The highest BCUT2D eigenvalue weighted by Gasteiger charge is 2.26. The molecule has 1 aliphatic rings. The number of aryl methyl sites for hydroxylation is 2. The summed E-state index contributed by atoms with van der Waals surface area (Å²) in [5.41, 5.74) is 4.06. The summed E-state index contributed by atoms with van der Waals surface area (Å²) in [5, 5.41) is 3.42. The molecule has 4 rings (SSSR count). The lowest BCUT2D eigenvalue weighted by molar-refractivity contribution is -0.131. The Hall–Kier alpha value is -2.07. The van der Waals surface area contributed by atoms with Crippen molar-refractivity contribution in [2.45, 2.75) is 32.1 Å². The number of aromatic nitrogens is 1. The van der Waals surface area contributed by atoms with Crippen LogP contribution >= 0.6 is 11.3 Å². The first-order valence-electron chi connectivity index (χ1n) is 8.97. The molecule has 0 bridgehead atoms. The predicted molar refractivity (Wildman–Crippen MR) is 104 cm³/mol. The second kappa shape index (κ2) is 6.68. The van der Waals surface area contributed by atoms with Crippen molar-refractivity contribution in [2.24, 2.45) is 7.05 Å². The molecule has 2 aromatic heterocycles. The standard InChI is InChI=1S/C21H24N2OS/c1-15-5-6-20-18(12-15)19(14-22(20)2)16-7-9-23(10-8-16)21(24)13-17-4-3-11-25-17/h3-6,11-12,14,16H,7-10,13H2,1-2H3. The van der Waals surface area contributed by atoms with Crippen LogP contribution in [0.1, 0.15) is 34.8 Å². The highest BCUT2D eigenvalue weighted by atomic mass is 32.1. The Morgan fingerprint density at radius 2 is 2.04 bits per heavy atom. The molecule has 1 aromatic carbocycles. The quantitative estimate of drug-likeness (QED) is 0.681. The number of carbonyl (C=O) groups is 1. The van der Waals surface area contributed by atoms with Crippen LogP contribution in [0.3, 0.4) is 0 Å². The number of thiophene rings is 1. The van der Waals surface area contributed by atoms with Gasteiger partial charge in [-0.1, -0.05) is 17.7 Å². The second-order valence-electron chi connectivity index (χ2n) is 7.13. The van der Waals surface area contributed by atoms with E-state index in [1.54, 1.807) is 11.3 Å². The smallest absolute Gasteiger partial charge is 0.227 e. The van der Waals surface area contributed by atoms with E-state index < -0.39 is 0 Å². The van der Waals surface area contributed by atoms with Gasteiger partial charge in [-0.05, 0) is 54.8 Å². The maximum atomic E-state index is 12.5. The van der Waals surface area contributed by atoms with Crippen LogP contribution in [0.25, 0.3) is 10.9 Å². The van der Waals surface area contributed by atoms with Crippen molar-refractivity contribution in [1.29, 1.82) is 0 Å². The molecule has 3 heterocycles. The van der Waals surface area contributed by atoms with Crippen molar-refractivity contribution in [2.75, 3.05) is 13.1 Å². The molecule has 0 radical (unpaired) electrons. The van der Waals surface area contributed by atoms with Gasteiger partial charge in [0, 0.05) is 42.1 Å². The molecule has 1 aliphatic heterocycles. The fourth-order valence-corrected chi connectivity index (χ4v) is 4.67. The Labute approximate surface area is 152 Å². The largest absolute Gasteiger partial charge is 0.350 e. The molecule has 25 heavy (non-hydrogen) atoms. The molecule has 0 spiro atoms. The first-order valence-corrected chi connectivity index (χ1v) is 9.85. The van der Waals surface area contributed by atoms with Crippen molar-refractivity contribution in [1.82, 2.24) is 9.47 Å². The summed E-state index contributed by atoms with van der Waals surface area (Å²) in [6, 6.07) is 10.8. The lowest BCUT2D eigenvalue weighted by Crippen LogP contribution is -2.38. The minimum absolute atomic E-state index is 0.273. The Kier molecular flexibility index (Phi) is 4.38. The molecule has 130 valence electrons. The molecular weight excluding hydrogens is 328 g/mol. The minimum atomic E-state index is 0.273. The molecule has 0 unspecified atom stereocenters. The van der Waals surface area contributed by atoms with E-state index in [1.807, 2.05) is 22.4 Å². The number of rotatable bonds is 3. The first kappa shape index (κ1) is 16.4. The summed E-state index contributed by atoms with van der Waals surface area (Å²) in [4.78, 5) is 15.7. The van der Waals surface area contributed by atoms with Crippen LogP contribution in [-0.4, -0.2) is 28.5 Å². The Morgan fingerprint density at radius 1 is 1.24 bits per heavy atom. The van der Waals surface area contributed by atoms with Crippen molar-refractivity contribution in [3.8, 4) is 0 Å². The highest BCUT2D eigenvalue weighted by molar-refractivity contribution is 7.10. The molecule has 1 amide bonds. The van der Waals surface area contributed by atoms with Crippen LogP contribution in [-0.2, 0) is 18.3 Å². The Balaban J connectivity index is 1.47. The highest BCUT2D eigenvalue weighted by Crippen LogP contribution is 2.34. The zero-order valence-electron chi connectivity index (χ0n) is 14.9. The number of fused-ring (bicyclic) bond motifs is 1. The van der Waals surface area contributed by atoms with Gasteiger partial charge in [-0.15, -0.1) is 11.3 Å². The zero-order chi connectivity index (χ0) is 17.4. The zero-order valence-corrected chi connectivity index (χ0v) is 15.7. The molecule has 4 heteroatoms. The molecular formula is C21H24N2OS. The molecule has 0 atom stereocenters. The van der Waals surface area contributed by atoms with Gasteiger partial charge in [0.2, 0.25) is 5.91 Å². The minimum Gasteiger partial charge on any atom is -0.350 e. The van der Waals surface area contributed by atoms with Crippen LogP contribution in [0.2, 0.25) is 0 Å². The Morgan fingerprint density at radius 3 is 2.76 bits per heavy atom. The van der Waals surface area contributed by atoms with Gasteiger partial charge in [0.05, 0.1) is 6.42 Å². The molecule has 0 saturated carbocycles. The number of hydrogen-bond acceptors (Lipinski definition) is 2. The van der Waals surface area contributed by atoms with Gasteiger partial charge in [-0.25, -0.2) is 0 Å². The van der Waals surface area contributed by atoms with Gasteiger partial charge in [0.25, 0.3) is 0 Å². The van der Waals surface area contributed by atoms with E-state index in [0.29, 0.717) is 12.3 Å². The third kappa shape index (κ3) is 3.23. The lowest BCUT2D eigenvalue weighted by atomic mass is 9.89. The average Bonchev–Trinajstić information content (AvgIpc) is 3.23. The van der Waals surface area contributed by atoms with Gasteiger partial charge in [0.15, 0.2) is 0 Å². The van der Waals surface area contributed by atoms with Crippen LogP contribution in [0.4, 0.5) is 0 Å². The third-order valence-electron chi connectivity index (χ3n) is 5.37. The van der Waals surface area contributed by atoms with Crippen molar-refractivity contribution < 1.29 is 4.79 Å². The number of carbonyl (C=O) groups excluding carboxylic acids is 1. The number of hydrogen-bond donors (Lipinski definition) is 0. The summed E-state index contributed by atoms with van der Waals surface area (Å²) in [6.07, 6.45) is 4.96. The summed E-state index contributed by atoms with van der Waals surface area (Å²) in [5.74, 6) is 0.825. The van der Waals surface area contributed by atoms with Crippen molar-refractivity contribution in [3.63, 3.8) is 0 Å². The number of likely N-dealkylation sites (tertiary alicyclic amines) is 1. The van der Waals surface area contributed by atoms with Crippen LogP contribution in [0.15, 0.2) is 41.9 Å². The molecule has 3 aromatic rings. The normalized spacial score (nSPS) is 15.8. The van der Waals surface area contributed by atoms with Gasteiger partial charge in [-0.3, -0.25) is 4.79 Å². The predicted octanol–water partition coefficient (Wildman–Crippen LogP) is 4.50. The first-order chi connectivity index (χ1) is 12.1. The van der Waals surface area contributed by atoms with Gasteiger partial charge >= 0.3 is 0 Å². The van der Waals surface area contributed by atoms with E-state index >= 15 is 0 Å². The van der Waals surface area contributed by atoms with Gasteiger partial charge < -0.3 is 9.47 Å². The lowest BCUT2D eigenvalue weighted by Gasteiger charge is -2.32. The van der Waals surface area contributed by atoms with Crippen LogP contribution < -0.4 is 0 Å². The molecule has 0 N–H and O–H groups in total. The number of amides is 1. The fraction of sp³-hybridized carbons (Fsp3) is 0.381. The van der Waals surface area contributed by atoms with E-state index in [2.05, 4.69) is 42.9 Å². The third-order valence-corrected chi connectivity index (χ3v) is 6.25. The summed E-state index contributed by atoms with van der Waals surface area (Å²) in [6.45, 7) is 3.90. The maximum absolute atomic E-state index is 12.5. The Bertz CT molecular complexity index is 886. The topological polar surface area (TPSA) is 25.2 Å². The van der Waals surface area contributed by atoms with E-state index in [4.69, 9.17) is 0 Å². The molecule has 1 saturated heterocycles. The molecule has 3 nitrogen and oxygen atoms in total. The van der Waals surface area contributed by atoms with E-state index in [0.717, 1.165) is 30.8 Å². The van der Waals surface area contributed by atoms with E-state index in [9.17, 15) is 4.79 Å². The molecule has 0 aliphatic carbocycles. The molecule has 1 fully saturated rings. The number of nitrogens with zero attached hydrogens (tertiary/aromatic N) is 2. The van der Waals surface area contributed by atoms with Gasteiger partial charge in [0.1, 0.15) is 0 Å². The monoisotopic (exact) mass is 352 g/mol. The van der Waals surface area contributed by atoms with Crippen LogP contribution in [0, 0.1) is 6.92 Å². The maximum Gasteiger partial charge on any atom is 0.227 e. The number of piperidine rings is 1. The summed E-state index contributed by atoms with van der Waals surface area (Å²) in [7, 11) is 2.13.